The Morgan fingerprint density at radius 2 is 2.00 bits per heavy atom. The van der Waals surface area contributed by atoms with Gasteiger partial charge in [0.25, 0.3) is 5.91 Å². The van der Waals surface area contributed by atoms with Gasteiger partial charge < -0.3 is 15.7 Å². The first kappa shape index (κ1) is 15.2. The smallest absolute Gasteiger partial charge is 0.257 e. The van der Waals surface area contributed by atoms with Gasteiger partial charge in [0.2, 0.25) is 0 Å². The zero-order valence-corrected chi connectivity index (χ0v) is 12.6. The number of aromatic hydroxyl groups is 1. The van der Waals surface area contributed by atoms with E-state index < -0.39 is 0 Å². The Morgan fingerprint density at radius 1 is 1.29 bits per heavy atom. The molecule has 0 aliphatic heterocycles. The molecule has 3 N–H and O–H groups in total. The predicted molar refractivity (Wildman–Crippen MR) is 84.5 cm³/mol. The van der Waals surface area contributed by atoms with E-state index in [1.807, 2.05) is 25.1 Å². The zero-order valence-electron chi connectivity index (χ0n) is 11.9. The predicted octanol–water partition coefficient (Wildman–Crippen LogP) is 3.46. The molecule has 1 amide bonds. The molecule has 110 valence electrons. The molecule has 1 atom stereocenters. The van der Waals surface area contributed by atoms with Crippen molar-refractivity contribution in [3.63, 3.8) is 0 Å². The van der Waals surface area contributed by atoms with Crippen LogP contribution < -0.4 is 5.73 Å². The van der Waals surface area contributed by atoms with Crippen molar-refractivity contribution in [2.75, 3.05) is 12.8 Å². The fourth-order valence-corrected chi connectivity index (χ4v) is 2.26. The largest absolute Gasteiger partial charge is 0.507 e. The summed E-state index contributed by atoms with van der Waals surface area (Å²) in [4.78, 5) is 14.0. The first-order chi connectivity index (χ1) is 9.90. The summed E-state index contributed by atoms with van der Waals surface area (Å²) >= 11 is 5.88. The number of hydrogen-bond acceptors (Lipinski definition) is 3. The Kier molecular flexibility index (Phi) is 4.38. The highest BCUT2D eigenvalue weighted by molar-refractivity contribution is 6.31. The van der Waals surface area contributed by atoms with Crippen LogP contribution in [-0.2, 0) is 0 Å². The van der Waals surface area contributed by atoms with Crippen molar-refractivity contribution in [3.05, 3.63) is 58.6 Å². The minimum Gasteiger partial charge on any atom is -0.507 e. The van der Waals surface area contributed by atoms with Crippen LogP contribution in [0.4, 0.5) is 5.69 Å². The first-order valence-corrected chi connectivity index (χ1v) is 6.89. The molecule has 0 aromatic heterocycles. The van der Waals surface area contributed by atoms with Crippen molar-refractivity contribution in [2.24, 2.45) is 0 Å². The molecule has 0 fully saturated rings. The minimum atomic E-state index is -0.301. The molecule has 0 heterocycles. The number of nitrogens with two attached hydrogens (primary N) is 1. The van der Waals surface area contributed by atoms with Crippen molar-refractivity contribution < 1.29 is 9.90 Å². The van der Waals surface area contributed by atoms with Gasteiger partial charge in [-0.05, 0) is 42.8 Å². The molecule has 0 saturated heterocycles. The topological polar surface area (TPSA) is 66.6 Å². The normalized spacial score (nSPS) is 12.0. The molecule has 2 rings (SSSR count). The molecule has 2 aromatic rings. The second kappa shape index (κ2) is 6.06. The molecule has 0 radical (unpaired) electrons. The molecule has 0 bridgehead atoms. The van der Waals surface area contributed by atoms with Crippen molar-refractivity contribution in [3.8, 4) is 5.75 Å². The number of nitrogen functional groups attached to an aromatic ring is 1. The molecule has 0 aliphatic carbocycles. The number of carbonyl (C=O) groups excluding carboxylic acids is 1. The fourth-order valence-electron chi connectivity index (χ4n) is 2.09. The molecule has 0 saturated carbocycles. The third-order valence-electron chi connectivity index (χ3n) is 3.48. The lowest BCUT2D eigenvalue weighted by Crippen LogP contribution is -2.29. The third kappa shape index (κ3) is 3.28. The van der Waals surface area contributed by atoms with E-state index in [0.717, 1.165) is 5.56 Å². The van der Waals surface area contributed by atoms with E-state index in [9.17, 15) is 9.90 Å². The van der Waals surface area contributed by atoms with Crippen LogP contribution in [0.1, 0.15) is 28.9 Å². The van der Waals surface area contributed by atoms with Gasteiger partial charge >= 0.3 is 0 Å². The van der Waals surface area contributed by atoms with E-state index in [0.29, 0.717) is 10.7 Å². The standard InChI is InChI=1S/C16H17ClN2O2/c1-10(11-4-3-5-13(18)8-11)19(2)16(21)14-9-12(17)6-7-15(14)20/h3-10,20H,18H2,1-2H3. The number of nitrogens with zero attached hydrogens (tertiary/aromatic N) is 1. The minimum absolute atomic E-state index is 0.0870. The van der Waals surface area contributed by atoms with E-state index in [2.05, 4.69) is 0 Å². The zero-order chi connectivity index (χ0) is 15.6. The quantitative estimate of drug-likeness (QED) is 0.853. The summed E-state index contributed by atoms with van der Waals surface area (Å²) in [5.41, 5.74) is 7.52. The molecule has 5 heteroatoms. The van der Waals surface area contributed by atoms with Crippen molar-refractivity contribution in [1.82, 2.24) is 4.90 Å². The molecule has 2 aromatic carbocycles. The van der Waals surface area contributed by atoms with Crippen molar-refractivity contribution in [2.45, 2.75) is 13.0 Å². The van der Waals surface area contributed by atoms with Gasteiger partial charge in [-0.3, -0.25) is 4.79 Å². The number of carbonyl (C=O) groups is 1. The molecular weight excluding hydrogens is 288 g/mol. The average molecular weight is 305 g/mol. The van der Waals surface area contributed by atoms with Crippen LogP contribution in [0.5, 0.6) is 5.75 Å². The number of anilines is 1. The monoisotopic (exact) mass is 304 g/mol. The van der Waals surface area contributed by atoms with Crippen LogP contribution in [0.25, 0.3) is 0 Å². The van der Waals surface area contributed by atoms with Crippen LogP contribution in [0.15, 0.2) is 42.5 Å². The maximum absolute atomic E-state index is 12.5. The summed E-state index contributed by atoms with van der Waals surface area (Å²) < 4.78 is 0. The summed E-state index contributed by atoms with van der Waals surface area (Å²) in [6, 6.07) is 11.6. The van der Waals surface area contributed by atoms with Gasteiger partial charge in [0, 0.05) is 17.8 Å². The summed E-state index contributed by atoms with van der Waals surface area (Å²) in [7, 11) is 1.68. The summed E-state index contributed by atoms with van der Waals surface area (Å²) in [6.45, 7) is 1.90. The number of phenolic OH excluding ortho intramolecular Hbond substituents is 1. The van der Waals surface area contributed by atoms with Crippen molar-refractivity contribution >= 4 is 23.2 Å². The fraction of sp³-hybridized carbons (Fsp3) is 0.188. The Balaban J connectivity index is 2.28. The molecule has 0 aliphatic rings. The molecule has 0 spiro atoms. The number of rotatable bonds is 3. The van der Waals surface area contributed by atoms with E-state index in [1.165, 1.54) is 18.2 Å². The highest BCUT2D eigenvalue weighted by Crippen LogP contribution is 2.27. The van der Waals surface area contributed by atoms with Gasteiger partial charge in [0.15, 0.2) is 0 Å². The number of phenols is 1. The maximum atomic E-state index is 12.5. The lowest BCUT2D eigenvalue weighted by atomic mass is 10.1. The van der Waals surface area contributed by atoms with Gasteiger partial charge in [0.05, 0.1) is 11.6 Å². The van der Waals surface area contributed by atoms with E-state index >= 15 is 0 Å². The lowest BCUT2D eigenvalue weighted by Gasteiger charge is -2.26. The second-order valence-corrected chi connectivity index (χ2v) is 5.36. The van der Waals surface area contributed by atoms with E-state index in [1.54, 1.807) is 18.0 Å². The highest BCUT2D eigenvalue weighted by atomic mass is 35.5. The summed E-state index contributed by atoms with van der Waals surface area (Å²) in [6.07, 6.45) is 0. The number of halogens is 1. The molecule has 4 nitrogen and oxygen atoms in total. The van der Waals surface area contributed by atoms with Crippen LogP contribution >= 0.6 is 11.6 Å². The Bertz CT molecular complexity index is 673. The number of benzene rings is 2. The second-order valence-electron chi connectivity index (χ2n) is 4.92. The Morgan fingerprint density at radius 3 is 2.67 bits per heavy atom. The summed E-state index contributed by atoms with van der Waals surface area (Å²) in [5, 5.41) is 10.2. The van der Waals surface area contributed by atoms with E-state index in [-0.39, 0.29) is 23.3 Å². The number of amides is 1. The van der Waals surface area contributed by atoms with Crippen LogP contribution in [0.2, 0.25) is 5.02 Å². The van der Waals surface area contributed by atoms with Gasteiger partial charge in [-0.1, -0.05) is 23.7 Å². The van der Waals surface area contributed by atoms with Crippen LogP contribution in [0.3, 0.4) is 0 Å². The van der Waals surface area contributed by atoms with Crippen LogP contribution in [0, 0.1) is 0 Å². The van der Waals surface area contributed by atoms with Gasteiger partial charge in [-0.2, -0.15) is 0 Å². The summed E-state index contributed by atoms with van der Waals surface area (Å²) in [5.74, 6) is -0.388. The lowest BCUT2D eigenvalue weighted by molar-refractivity contribution is 0.0739. The highest BCUT2D eigenvalue weighted by Gasteiger charge is 2.21. The van der Waals surface area contributed by atoms with Gasteiger partial charge in [-0.15, -0.1) is 0 Å². The Hall–Kier alpha value is -2.20. The van der Waals surface area contributed by atoms with Crippen LogP contribution in [-0.4, -0.2) is 23.0 Å². The van der Waals surface area contributed by atoms with Crippen molar-refractivity contribution in [1.29, 1.82) is 0 Å². The van der Waals surface area contributed by atoms with E-state index in [4.69, 9.17) is 17.3 Å². The first-order valence-electron chi connectivity index (χ1n) is 6.51. The molecular formula is C16H17ClN2O2. The van der Waals surface area contributed by atoms with Gasteiger partial charge in [-0.25, -0.2) is 0 Å². The van der Waals surface area contributed by atoms with Gasteiger partial charge in [0.1, 0.15) is 5.75 Å². The SMILES string of the molecule is CC(c1cccc(N)c1)N(C)C(=O)c1cc(Cl)ccc1O. The third-order valence-corrected chi connectivity index (χ3v) is 3.72. The maximum Gasteiger partial charge on any atom is 0.257 e. The number of hydrogen-bond donors (Lipinski definition) is 2. The molecule has 1 unspecified atom stereocenters. The Labute approximate surface area is 128 Å². The average Bonchev–Trinajstić information content (AvgIpc) is 2.47. The molecule has 21 heavy (non-hydrogen) atoms.